The van der Waals surface area contributed by atoms with E-state index in [-0.39, 0.29) is 17.6 Å². The molecule has 0 aromatic heterocycles. The SMILES string of the molecule is C[C@@H](CN)C(=O)Nc1ccccc1O. The molecule has 0 radical (unpaired) electrons. The van der Waals surface area contributed by atoms with Crippen molar-refractivity contribution >= 4 is 11.6 Å². The smallest absolute Gasteiger partial charge is 0.228 e. The Morgan fingerprint density at radius 2 is 2.21 bits per heavy atom. The molecule has 0 fully saturated rings. The fourth-order valence-corrected chi connectivity index (χ4v) is 0.942. The highest BCUT2D eigenvalue weighted by molar-refractivity contribution is 5.93. The molecule has 0 bridgehead atoms. The second-order valence-corrected chi connectivity index (χ2v) is 3.14. The van der Waals surface area contributed by atoms with Gasteiger partial charge in [0, 0.05) is 12.5 Å². The van der Waals surface area contributed by atoms with Gasteiger partial charge in [0.15, 0.2) is 0 Å². The molecular weight excluding hydrogens is 180 g/mol. The molecule has 0 saturated heterocycles. The van der Waals surface area contributed by atoms with Crippen LogP contribution in [0.4, 0.5) is 5.69 Å². The molecule has 1 aromatic carbocycles. The molecule has 4 N–H and O–H groups in total. The van der Waals surface area contributed by atoms with Crippen molar-refractivity contribution in [1.82, 2.24) is 0 Å². The van der Waals surface area contributed by atoms with Gasteiger partial charge < -0.3 is 16.2 Å². The largest absolute Gasteiger partial charge is 0.506 e. The van der Waals surface area contributed by atoms with E-state index in [2.05, 4.69) is 5.32 Å². The van der Waals surface area contributed by atoms with Crippen molar-refractivity contribution < 1.29 is 9.90 Å². The molecular formula is C10H14N2O2. The monoisotopic (exact) mass is 194 g/mol. The van der Waals surface area contributed by atoms with Crippen LogP contribution in [-0.4, -0.2) is 17.6 Å². The Balaban J connectivity index is 2.70. The number of anilines is 1. The maximum absolute atomic E-state index is 11.4. The minimum absolute atomic E-state index is 0.0603. The number of rotatable bonds is 3. The van der Waals surface area contributed by atoms with E-state index in [1.807, 2.05) is 0 Å². The fraction of sp³-hybridized carbons (Fsp3) is 0.300. The van der Waals surface area contributed by atoms with Gasteiger partial charge in [0.05, 0.1) is 5.69 Å². The molecule has 0 unspecified atom stereocenters. The van der Waals surface area contributed by atoms with Gasteiger partial charge >= 0.3 is 0 Å². The summed E-state index contributed by atoms with van der Waals surface area (Å²) in [7, 11) is 0. The maximum Gasteiger partial charge on any atom is 0.228 e. The van der Waals surface area contributed by atoms with Crippen LogP contribution in [0.3, 0.4) is 0 Å². The molecule has 0 aliphatic heterocycles. The van der Waals surface area contributed by atoms with Crippen molar-refractivity contribution in [3.8, 4) is 5.75 Å². The van der Waals surface area contributed by atoms with Crippen molar-refractivity contribution in [2.75, 3.05) is 11.9 Å². The maximum atomic E-state index is 11.4. The molecule has 0 spiro atoms. The number of para-hydroxylation sites is 2. The lowest BCUT2D eigenvalue weighted by Gasteiger charge is -2.10. The van der Waals surface area contributed by atoms with Crippen molar-refractivity contribution in [3.05, 3.63) is 24.3 Å². The molecule has 0 saturated carbocycles. The Morgan fingerprint density at radius 1 is 1.57 bits per heavy atom. The van der Waals surface area contributed by atoms with Gasteiger partial charge in [-0.2, -0.15) is 0 Å². The Hall–Kier alpha value is -1.55. The number of hydrogen-bond acceptors (Lipinski definition) is 3. The summed E-state index contributed by atoms with van der Waals surface area (Å²) in [6.45, 7) is 2.02. The van der Waals surface area contributed by atoms with Gasteiger partial charge in [-0.25, -0.2) is 0 Å². The van der Waals surface area contributed by atoms with Crippen LogP contribution in [0.25, 0.3) is 0 Å². The number of nitrogens with one attached hydrogen (secondary N) is 1. The summed E-state index contributed by atoms with van der Waals surface area (Å²) in [6, 6.07) is 6.58. The van der Waals surface area contributed by atoms with E-state index < -0.39 is 0 Å². The Kier molecular flexibility index (Phi) is 3.48. The molecule has 0 heterocycles. The number of phenolic OH excluding ortho intramolecular Hbond substituents is 1. The number of hydrogen-bond donors (Lipinski definition) is 3. The quantitative estimate of drug-likeness (QED) is 0.626. The van der Waals surface area contributed by atoms with Gasteiger partial charge in [0.25, 0.3) is 0 Å². The summed E-state index contributed by atoms with van der Waals surface area (Å²) in [5, 5.41) is 12.0. The minimum Gasteiger partial charge on any atom is -0.506 e. The first-order chi connectivity index (χ1) is 6.65. The molecule has 14 heavy (non-hydrogen) atoms. The number of amides is 1. The Labute approximate surface area is 82.7 Å². The third kappa shape index (κ3) is 2.47. The van der Waals surface area contributed by atoms with E-state index in [0.29, 0.717) is 12.2 Å². The predicted molar refractivity (Wildman–Crippen MR) is 55.0 cm³/mol. The highest BCUT2D eigenvalue weighted by Crippen LogP contribution is 2.21. The van der Waals surface area contributed by atoms with Crippen molar-refractivity contribution in [2.45, 2.75) is 6.92 Å². The predicted octanol–water partition coefficient (Wildman–Crippen LogP) is 0.925. The topological polar surface area (TPSA) is 75.4 Å². The van der Waals surface area contributed by atoms with E-state index in [1.165, 1.54) is 6.07 Å². The van der Waals surface area contributed by atoms with Gasteiger partial charge in [-0.15, -0.1) is 0 Å². The molecule has 0 aliphatic carbocycles. The lowest BCUT2D eigenvalue weighted by Crippen LogP contribution is -2.26. The van der Waals surface area contributed by atoms with Crippen LogP contribution in [0, 0.1) is 5.92 Å². The van der Waals surface area contributed by atoms with Crippen LogP contribution in [0.5, 0.6) is 5.75 Å². The second-order valence-electron chi connectivity index (χ2n) is 3.14. The molecule has 4 nitrogen and oxygen atoms in total. The standard InChI is InChI=1S/C10H14N2O2/c1-7(6-11)10(14)12-8-4-2-3-5-9(8)13/h2-5,7,13H,6,11H2,1H3,(H,12,14)/t7-/m0/s1. The highest BCUT2D eigenvalue weighted by atomic mass is 16.3. The summed E-state index contributed by atoms with van der Waals surface area (Å²) >= 11 is 0. The average Bonchev–Trinajstić information content (AvgIpc) is 2.20. The zero-order valence-electron chi connectivity index (χ0n) is 8.03. The third-order valence-corrected chi connectivity index (χ3v) is 1.96. The summed E-state index contributed by atoms with van der Waals surface area (Å²) in [4.78, 5) is 11.4. The number of nitrogens with two attached hydrogens (primary N) is 1. The van der Waals surface area contributed by atoms with Crippen LogP contribution < -0.4 is 11.1 Å². The van der Waals surface area contributed by atoms with E-state index in [1.54, 1.807) is 25.1 Å². The normalized spacial score (nSPS) is 12.1. The highest BCUT2D eigenvalue weighted by Gasteiger charge is 2.11. The lowest BCUT2D eigenvalue weighted by atomic mass is 10.1. The van der Waals surface area contributed by atoms with E-state index in [4.69, 9.17) is 5.73 Å². The van der Waals surface area contributed by atoms with Crippen LogP contribution in [0.15, 0.2) is 24.3 Å². The zero-order valence-corrected chi connectivity index (χ0v) is 8.03. The molecule has 1 amide bonds. The number of carbonyl (C=O) groups excluding carboxylic acids is 1. The van der Waals surface area contributed by atoms with Crippen LogP contribution in [-0.2, 0) is 4.79 Å². The van der Waals surface area contributed by atoms with Gasteiger partial charge in [0.2, 0.25) is 5.91 Å². The molecule has 76 valence electrons. The Morgan fingerprint density at radius 3 is 2.79 bits per heavy atom. The van der Waals surface area contributed by atoms with Crippen molar-refractivity contribution in [3.63, 3.8) is 0 Å². The first-order valence-electron chi connectivity index (χ1n) is 4.44. The second kappa shape index (κ2) is 4.62. The molecule has 1 atom stereocenters. The summed E-state index contributed by atoms with van der Waals surface area (Å²) in [5.41, 5.74) is 5.76. The fourth-order valence-electron chi connectivity index (χ4n) is 0.942. The van der Waals surface area contributed by atoms with Crippen LogP contribution in [0.2, 0.25) is 0 Å². The summed E-state index contributed by atoms with van der Waals surface area (Å²) < 4.78 is 0. The van der Waals surface area contributed by atoms with Crippen LogP contribution in [0.1, 0.15) is 6.92 Å². The molecule has 0 aliphatic rings. The number of carbonyl (C=O) groups is 1. The third-order valence-electron chi connectivity index (χ3n) is 1.96. The van der Waals surface area contributed by atoms with Gasteiger partial charge in [-0.3, -0.25) is 4.79 Å². The van der Waals surface area contributed by atoms with Crippen molar-refractivity contribution in [2.24, 2.45) is 11.7 Å². The number of aromatic hydroxyl groups is 1. The van der Waals surface area contributed by atoms with Gasteiger partial charge in [0.1, 0.15) is 5.75 Å². The van der Waals surface area contributed by atoms with Crippen molar-refractivity contribution in [1.29, 1.82) is 0 Å². The van der Waals surface area contributed by atoms with E-state index in [0.717, 1.165) is 0 Å². The minimum atomic E-state index is -0.255. The zero-order chi connectivity index (χ0) is 10.6. The van der Waals surface area contributed by atoms with E-state index >= 15 is 0 Å². The average molecular weight is 194 g/mol. The first kappa shape index (κ1) is 10.5. The molecule has 1 rings (SSSR count). The summed E-state index contributed by atoms with van der Waals surface area (Å²) in [6.07, 6.45) is 0. The molecule has 4 heteroatoms. The van der Waals surface area contributed by atoms with Gasteiger partial charge in [-0.1, -0.05) is 19.1 Å². The molecule has 1 aromatic rings. The summed E-state index contributed by atoms with van der Waals surface area (Å²) in [5.74, 6) is -0.381. The number of benzene rings is 1. The Bertz CT molecular complexity index is 326. The lowest BCUT2D eigenvalue weighted by molar-refractivity contribution is -0.119. The van der Waals surface area contributed by atoms with E-state index in [9.17, 15) is 9.90 Å². The number of phenols is 1. The van der Waals surface area contributed by atoms with Crippen LogP contribution >= 0.6 is 0 Å². The van der Waals surface area contributed by atoms with Gasteiger partial charge in [-0.05, 0) is 12.1 Å². The first-order valence-corrected chi connectivity index (χ1v) is 4.44.